The van der Waals surface area contributed by atoms with Gasteiger partial charge in [-0.3, -0.25) is 14.6 Å². The van der Waals surface area contributed by atoms with Crippen LogP contribution >= 0.6 is 0 Å². The number of hydrogen-bond acceptors (Lipinski definition) is 3. The lowest BCUT2D eigenvalue weighted by molar-refractivity contribution is -0.137. The Morgan fingerprint density at radius 1 is 1.53 bits per heavy atom. The predicted octanol–water partition coefficient (Wildman–Crippen LogP) is 0.547. The third-order valence-corrected chi connectivity index (χ3v) is 1.99. The number of likely N-dealkylation sites (N-methyl/N-ethyl adjacent to an activating group) is 1. The fourth-order valence-electron chi connectivity index (χ4n) is 1.17. The number of carboxylic acid groups (broad SMARTS) is 1. The Morgan fingerprint density at radius 3 is 2.73 bits per heavy atom. The summed E-state index contributed by atoms with van der Waals surface area (Å²) in [6.45, 7) is 1.47. The molecule has 0 atom stereocenters. The highest BCUT2D eigenvalue weighted by molar-refractivity contribution is 5.96. The fraction of sp³-hybridized carbons (Fsp3) is 0.300. The van der Waals surface area contributed by atoms with Crippen LogP contribution in [0.3, 0.4) is 0 Å². The number of hydrogen-bond donors (Lipinski definition) is 1. The minimum atomic E-state index is -1.03. The molecular formula is C10H12N2O3. The summed E-state index contributed by atoms with van der Waals surface area (Å²) in [4.78, 5) is 27.1. The maximum absolute atomic E-state index is 11.7. The SMILES string of the molecule is Cc1ccncc1C(=O)N(C)CC(=O)O. The Balaban J connectivity index is 2.85. The van der Waals surface area contributed by atoms with Gasteiger partial charge in [0.25, 0.3) is 5.91 Å². The van der Waals surface area contributed by atoms with Crippen molar-refractivity contribution in [2.45, 2.75) is 6.92 Å². The van der Waals surface area contributed by atoms with Crippen molar-refractivity contribution < 1.29 is 14.7 Å². The molecule has 0 aliphatic heterocycles. The first-order valence-corrected chi connectivity index (χ1v) is 4.40. The molecule has 15 heavy (non-hydrogen) atoms. The van der Waals surface area contributed by atoms with Crippen LogP contribution in [0.5, 0.6) is 0 Å². The van der Waals surface area contributed by atoms with Crippen LogP contribution in [-0.2, 0) is 4.79 Å². The van der Waals surface area contributed by atoms with Gasteiger partial charge in [0.15, 0.2) is 0 Å². The van der Waals surface area contributed by atoms with E-state index in [0.717, 1.165) is 10.5 Å². The van der Waals surface area contributed by atoms with Gasteiger partial charge in [-0.1, -0.05) is 0 Å². The van der Waals surface area contributed by atoms with E-state index >= 15 is 0 Å². The standard InChI is InChI=1S/C10H12N2O3/c1-7-3-4-11-5-8(7)10(15)12(2)6-9(13)14/h3-5H,6H2,1-2H3,(H,13,14). The summed E-state index contributed by atoms with van der Waals surface area (Å²) < 4.78 is 0. The summed E-state index contributed by atoms with van der Waals surface area (Å²) >= 11 is 0. The normalized spacial score (nSPS) is 9.73. The van der Waals surface area contributed by atoms with Crippen molar-refractivity contribution in [2.75, 3.05) is 13.6 Å². The van der Waals surface area contributed by atoms with E-state index in [9.17, 15) is 9.59 Å². The Bertz CT molecular complexity index is 390. The third kappa shape index (κ3) is 2.77. The summed E-state index contributed by atoms with van der Waals surface area (Å²) in [5, 5.41) is 8.54. The minimum Gasteiger partial charge on any atom is -0.480 e. The van der Waals surface area contributed by atoms with Crippen molar-refractivity contribution in [3.05, 3.63) is 29.6 Å². The maximum atomic E-state index is 11.7. The number of amides is 1. The largest absolute Gasteiger partial charge is 0.480 e. The van der Waals surface area contributed by atoms with Gasteiger partial charge in [0.2, 0.25) is 0 Å². The van der Waals surface area contributed by atoms with Gasteiger partial charge in [-0.2, -0.15) is 0 Å². The molecular weight excluding hydrogens is 196 g/mol. The summed E-state index contributed by atoms with van der Waals surface area (Å²) in [5.74, 6) is -1.37. The molecule has 0 aromatic carbocycles. The van der Waals surface area contributed by atoms with E-state index in [1.165, 1.54) is 13.2 Å². The van der Waals surface area contributed by atoms with E-state index in [1.807, 2.05) is 0 Å². The number of pyridine rings is 1. The molecule has 5 heteroatoms. The van der Waals surface area contributed by atoms with Crippen molar-refractivity contribution in [3.63, 3.8) is 0 Å². The summed E-state index contributed by atoms with van der Waals surface area (Å²) in [6, 6.07) is 1.71. The number of carbonyl (C=O) groups excluding carboxylic acids is 1. The molecule has 1 aromatic heterocycles. The van der Waals surface area contributed by atoms with Gasteiger partial charge in [-0.25, -0.2) is 0 Å². The summed E-state index contributed by atoms with van der Waals surface area (Å²) in [7, 11) is 1.45. The molecule has 0 fully saturated rings. The number of carboxylic acids is 1. The number of aryl methyl sites for hydroxylation is 1. The second-order valence-corrected chi connectivity index (χ2v) is 3.25. The number of carbonyl (C=O) groups is 2. The van der Waals surface area contributed by atoms with Crippen LogP contribution in [0.15, 0.2) is 18.5 Å². The average molecular weight is 208 g/mol. The molecule has 1 amide bonds. The number of aliphatic carboxylic acids is 1. The molecule has 0 unspecified atom stereocenters. The Hall–Kier alpha value is -1.91. The van der Waals surface area contributed by atoms with Gasteiger partial charge in [-0.05, 0) is 18.6 Å². The molecule has 0 bridgehead atoms. The van der Waals surface area contributed by atoms with Crippen LogP contribution in [0.25, 0.3) is 0 Å². The summed E-state index contributed by atoms with van der Waals surface area (Å²) in [6.07, 6.45) is 3.03. The van der Waals surface area contributed by atoms with E-state index < -0.39 is 5.97 Å². The fourth-order valence-corrected chi connectivity index (χ4v) is 1.17. The molecule has 0 aliphatic carbocycles. The van der Waals surface area contributed by atoms with Crippen LogP contribution in [-0.4, -0.2) is 40.5 Å². The number of aromatic nitrogens is 1. The van der Waals surface area contributed by atoms with Gasteiger partial charge in [0, 0.05) is 19.4 Å². The quantitative estimate of drug-likeness (QED) is 0.787. The molecule has 80 valence electrons. The minimum absolute atomic E-state index is 0.312. The Morgan fingerprint density at radius 2 is 2.20 bits per heavy atom. The maximum Gasteiger partial charge on any atom is 0.323 e. The van der Waals surface area contributed by atoms with E-state index in [-0.39, 0.29) is 12.5 Å². The lowest BCUT2D eigenvalue weighted by Crippen LogP contribution is -2.32. The zero-order chi connectivity index (χ0) is 11.4. The van der Waals surface area contributed by atoms with Crippen molar-refractivity contribution in [3.8, 4) is 0 Å². The second kappa shape index (κ2) is 4.54. The zero-order valence-electron chi connectivity index (χ0n) is 8.60. The Kier molecular flexibility index (Phi) is 3.38. The van der Waals surface area contributed by atoms with Crippen LogP contribution < -0.4 is 0 Å². The molecule has 1 N–H and O–H groups in total. The highest BCUT2D eigenvalue weighted by atomic mass is 16.4. The van der Waals surface area contributed by atoms with E-state index in [4.69, 9.17) is 5.11 Å². The van der Waals surface area contributed by atoms with Gasteiger partial charge >= 0.3 is 5.97 Å². The van der Waals surface area contributed by atoms with Gasteiger partial charge in [0.05, 0.1) is 5.56 Å². The monoisotopic (exact) mass is 208 g/mol. The van der Waals surface area contributed by atoms with Crippen molar-refractivity contribution in [1.29, 1.82) is 0 Å². The number of nitrogens with zero attached hydrogens (tertiary/aromatic N) is 2. The zero-order valence-corrected chi connectivity index (χ0v) is 8.60. The van der Waals surface area contributed by atoms with E-state index in [1.54, 1.807) is 19.2 Å². The van der Waals surface area contributed by atoms with Gasteiger partial charge < -0.3 is 10.0 Å². The molecule has 1 heterocycles. The highest BCUT2D eigenvalue weighted by Crippen LogP contribution is 2.07. The predicted molar refractivity (Wildman–Crippen MR) is 53.6 cm³/mol. The smallest absolute Gasteiger partial charge is 0.323 e. The molecule has 0 saturated carbocycles. The lowest BCUT2D eigenvalue weighted by Gasteiger charge is -2.15. The summed E-state index contributed by atoms with van der Waals surface area (Å²) in [5.41, 5.74) is 1.22. The first kappa shape index (κ1) is 11.2. The van der Waals surface area contributed by atoms with Crippen molar-refractivity contribution in [1.82, 2.24) is 9.88 Å². The van der Waals surface area contributed by atoms with Crippen LogP contribution in [0, 0.1) is 6.92 Å². The Labute approximate surface area is 87.4 Å². The van der Waals surface area contributed by atoms with Crippen LogP contribution in [0.1, 0.15) is 15.9 Å². The molecule has 5 nitrogen and oxygen atoms in total. The molecule has 0 aliphatic rings. The topological polar surface area (TPSA) is 70.5 Å². The van der Waals surface area contributed by atoms with Crippen molar-refractivity contribution >= 4 is 11.9 Å². The third-order valence-electron chi connectivity index (χ3n) is 1.99. The van der Waals surface area contributed by atoms with Crippen LogP contribution in [0.2, 0.25) is 0 Å². The van der Waals surface area contributed by atoms with Crippen LogP contribution in [0.4, 0.5) is 0 Å². The molecule has 1 aromatic rings. The average Bonchev–Trinajstić information content (AvgIpc) is 2.16. The van der Waals surface area contributed by atoms with E-state index in [0.29, 0.717) is 5.56 Å². The molecule has 1 rings (SSSR count). The van der Waals surface area contributed by atoms with E-state index in [2.05, 4.69) is 4.98 Å². The number of rotatable bonds is 3. The first-order chi connectivity index (χ1) is 7.02. The van der Waals surface area contributed by atoms with Gasteiger partial charge in [0.1, 0.15) is 6.54 Å². The van der Waals surface area contributed by atoms with Crippen molar-refractivity contribution in [2.24, 2.45) is 0 Å². The first-order valence-electron chi connectivity index (χ1n) is 4.40. The second-order valence-electron chi connectivity index (χ2n) is 3.25. The van der Waals surface area contributed by atoms with Gasteiger partial charge in [-0.15, -0.1) is 0 Å². The molecule has 0 spiro atoms. The molecule has 0 saturated heterocycles. The highest BCUT2D eigenvalue weighted by Gasteiger charge is 2.15. The molecule has 0 radical (unpaired) electrons. The lowest BCUT2D eigenvalue weighted by atomic mass is 10.1.